The first-order valence-electron chi connectivity index (χ1n) is 11.9. The smallest absolute Gasteiger partial charge is 0.328 e. The fraction of sp³-hybridized carbons (Fsp3) is 0.100. The van der Waals surface area contributed by atoms with Crippen LogP contribution in [0, 0.1) is 11.6 Å². The molecule has 0 aliphatic carbocycles. The van der Waals surface area contributed by atoms with Crippen LogP contribution in [0.3, 0.4) is 0 Å². The molecule has 36 heavy (non-hydrogen) atoms. The lowest BCUT2D eigenvalue weighted by atomic mass is 10.0. The van der Waals surface area contributed by atoms with Gasteiger partial charge in [0.05, 0.1) is 7.89 Å². The number of aliphatic carboxylic acids is 1. The maximum Gasteiger partial charge on any atom is 0.328 e. The Bertz CT molecular complexity index is 1420. The third-order valence-electron chi connectivity index (χ3n) is 5.62. The highest BCUT2D eigenvalue weighted by Crippen LogP contribution is 2.31. The van der Waals surface area contributed by atoms with Crippen LogP contribution in [0.1, 0.15) is 12.5 Å². The van der Waals surface area contributed by atoms with Crippen molar-refractivity contribution in [1.29, 1.82) is 0 Å². The number of halogens is 2. The van der Waals surface area contributed by atoms with E-state index in [1.807, 2.05) is 49.3 Å². The summed E-state index contributed by atoms with van der Waals surface area (Å²) in [6.45, 7) is -1.24. The van der Waals surface area contributed by atoms with Gasteiger partial charge in [-0.15, -0.1) is 0 Å². The summed E-state index contributed by atoms with van der Waals surface area (Å²) < 4.78 is 39.0. The van der Waals surface area contributed by atoms with Crippen LogP contribution in [0.25, 0.3) is 17.2 Å². The van der Waals surface area contributed by atoms with Crippen LogP contribution in [-0.4, -0.2) is 25.2 Å². The van der Waals surface area contributed by atoms with E-state index in [1.165, 1.54) is 29.2 Å². The van der Waals surface area contributed by atoms with Crippen molar-refractivity contribution in [1.82, 2.24) is 0 Å². The van der Waals surface area contributed by atoms with Crippen molar-refractivity contribution >= 4 is 29.1 Å². The van der Waals surface area contributed by atoms with Crippen LogP contribution < -0.4 is 9.80 Å². The molecule has 4 nitrogen and oxygen atoms in total. The SMILES string of the molecule is [2H]C(c1ccc(-c2ccc(N(C)C)cc2)cc1F)N(c1ccccc1)c1cc(F)cc(/C=C/C(=O)O)c1. The number of anilines is 3. The molecule has 0 saturated carbocycles. The zero-order chi connectivity index (χ0) is 26.5. The molecular formula is C30H26F2N2O2. The molecule has 0 saturated heterocycles. The third-order valence-corrected chi connectivity index (χ3v) is 5.62. The predicted molar refractivity (Wildman–Crippen MR) is 142 cm³/mol. The first kappa shape index (κ1) is 23.3. The van der Waals surface area contributed by atoms with Crippen molar-refractivity contribution in [3.8, 4) is 11.1 Å². The Hall–Kier alpha value is -4.45. The number of carbonyl (C=O) groups is 1. The summed E-state index contributed by atoms with van der Waals surface area (Å²) in [6.07, 6.45) is 2.18. The fourth-order valence-electron chi connectivity index (χ4n) is 3.79. The fourth-order valence-corrected chi connectivity index (χ4v) is 3.79. The molecule has 0 spiro atoms. The Morgan fingerprint density at radius 1 is 0.861 bits per heavy atom. The Morgan fingerprint density at radius 2 is 1.56 bits per heavy atom. The van der Waals surface area contributed by atoms with Crippen molar-refractivity contribution in [2.24, 2.45) is 0 Å². The van der Waals surface area contributed by atoms with Gasteiger partial charge in [0, 0.05) is 42.8 Å². The van der Waals surface area contributed by atoms with E-state index in [-0.39, 0.29) is 5.56 Å². The van der Waals surface area contributed by atoms with Crippen LogP contribution in [-0.2, 0) is 11.3 Å². The summed E-state index contributed by atoms with van der Waals surface area (Å²) in [7, 11) is 3.89. The van der Waals surface area contributed by atoms with Crippen LogP contribution >= 0.6 is 0 Å². The average molecular weight is 486 g/mol. The van der Waals surface area contributed by atoms with Gasteiger partial charge in [-0.25, -0.2) is 13.6 Å². The Labute approximate surface area is 210 Å². The molecule has 1 atom stereocenters. The maximum absolute atomic E-state index is 15.4. The molecule has 182 valence electrons. The number of rotatable bonds is 8. The van der Waals surface area contributed by atoms with Gasteiger partial charge < -0.3 is 14.9 Å². The highest BCUT2D eigenvalue weighted by Gasteiger charge is 2.15. The van der Waals surface area contributed by atoms with Crippen LogP contribution in [0.2, 0.25) is 0 Å². The van der Waals surface area contributed by atoms with E-state index < -0.39 is 24.1 Å². The summed E-state index contributed by atoms with van der Waals surface area (Å²) >= 11 is 0. The molecule has 0 fully saturated rings. The normalized spacial score (nSPS) is 12.3. The molecular weight excluding hydrogens is 458 g/mol. The minimum absolute atomic E-state index is 0.115. The van der Waals surface area contributed by atoms with E-state index in [1.54, 1.807) is 42.5 Å². The molecule has 0 heterocycles. The average Bonchev–Trinajstić information content (AvgIpc) is 2.88. The van der Waals surface area contributed by atoms with Crippen molar-refractivity contribution in [2.45, 2.75) is 6.52 Å². The maximum atomic E-state index is 15.4. The molecule has 1 unspecified atom stereocenters. The minimum Gasteiger partial charge on any atom is -0.478 e. The molecule has 0 radical (unpaired) electrons. The monoisotopic (exact) mass is 485 g/mol. The van der Waals surface area contributed by atoms with Gasteiger partial charge in [-0.3, -0.25) is 0 Å². The molecule has 0 bridgehead atoms. The van der Waals surface area contributed by atoms with Crippen molar-refractivity contribution in [3.05, 3.63) is 120 Å². The first-order chi connectivity index (χ1) is 17.7. The minimum atomic E-state index is -1.24. The molecule has 4 aromatic rings. The van der Waals surface area contributed by atoms with E-state index in [4.69, 9.17) is 6.48 Å². The van der Waals surface area contributed by atoms with Gasteiger partial charge in [-0.2, -0.15) is 0 Å². The lowest BCUT2D eigenvalue weighted by Crippen LogP contribution is -2.17. The van der Waals surface area contributed by atoms with Crippen molar-refractivity contribution < 1.29 is 20.1 Å². The third kappa shape index (κ3) is 5.96. The summed E-state index contributed by atoms with van der Waals surface area (Å²) in [6, 6.07) is 25.3. The lowest BCUT2D eigenvalue weighted by Gasteiger charge is -2.26. The molecule has 0 amide bonds. The first-order valence-corrected chi connectivity index (χ1v) is 11.3. The largest absolute Gasteiger partial charge is 0.478 e. The van der Waals surface area contributed by atoms with E-state index >= 15 is 4.39 Å². The second-order valence-corrected chi connectivity index (χ2v) is 8.43. The standard InChI is InChI=1S/C30H26F2N2O2/c1-33(2)26-13-11-22(12-14-26)23-9-10-24(29(32)18-23)20-34(27-6-4-3-5-7-27)28-17-21(8-15-30(35)36)16-25(31)19-28/h3-19H,20H2,1-2H3,(H,35,36)/b15-8+/i20D. The molecule has 0 aliphatic rings. The van der Waals surface area contributed by atoms with Crippen molar-refractivity contribution in [3.63, 3.8) is 0 Å². The predicted octanol–water partition coefficient (Wildman–Crippen LogP) is 7.13. The van der Waals surface area contributed by atoms with Gasteiger partial charge in [-0.05, 0) is 71.3 Å². The highest BCUT2D eigenvalue weighted by atomic mass is 19.1. The zero-order valence-corrected chi connectivity index (χ0v) is 19.9. The number of para-hydroxylation sites is 1. The molecule has 0 aliphatic heterocycles. The summed E-state index contributed by atoms with van der Waals surface area (Å²) in [5.74, 6) is -2.33. The summed E-state index contributed by atoms with van der Waals surface area (Å²) in [4.78, 5) is 14.4. The number of carboxylic acids is 1. The molecule has 4 aromatic carbocycles. The Balaban J connectivity index is 1.74. The second-order valence-electron chi connectivity index (χ2n) is 8.43. The van der Waals surface area contributed by atoms with E-state index in [0.717, 1.165) is 17.3 Å². The zero-order valence-electron chi connectivity index (χ0n) is 20.9. The van der Waals surface area contributed by atoms with Gasteiger partial charge in [0.25, 0.3) is 0 Å². The summed E-state index contributed by atoms with van der Waals surface area (Å²) in [5.41, 5.74) is 3.82. The van der Waals surface area contributed by atoms with Crippen LogP contribution in [0.4, 0.5) is 25.8 Å². The lowest BCUT2D eigenvalue weighted by molar-refractivity contribution is -0.131. The van der Waals surface area contributed by atoms with Gasteiger partial charge in [0.15, 0.2) is 0 Å². The highest BCUT2D eigenvalue weighted by molar-refractivity contribution is 5.85. The topological polar surface area (TPSA) is 43.8 Å². The second kappa shape index (κ2) is 10.9. The number of hydrogen-bond donors (Lipinski definition) is 1. The van der Waals surface area contributed by atoms with E-state index in [2.05, 4.69) is 0 Å². The quantitative estimate of drug-likeness (QED) is 0.270. The molecule has 0 aromatic heterocycles. The molecule has 4 rings (SSSR count). The van der Waals surface area contributed by atoms with E-state index in [0.29, 0.717) is 22.5 Å². The molecule has 6 heteroatoms. The Kier molecular flexibility index (Phi) is 7.03. The number of carboxylic acid groups (broad SMARTS) is 1. The number of hydrogen-bond acceptors (Lipinski definition) is 3. The molecule has 1 N–H and O–H groups in total. The Morgan fingerprint density at radius 3 is 2.19 bits per heavy atom. The van der Waals surface area contributed by atoms with E-state index in [9.17, 15) is 9.18 Å². The van der Waals surface area contributed by atoms with Gasteiger partial charge in [0.1, 0.15) is 11.6 Å². The van der Waals surface area contributed by atoms with Gasteiger partial charge in [0.2, 0.25) is 0 Å². The number of nitrogens with zero attached hydrogens (tertiary/aromatic N) is 2. The summed E-state index contributed by atoms with van der Waals surface area (Å²) in [5, 5.41) is 8.95. The van der Waals surface area contributed by atoms with Crippen LogP contribution in [0.5, 0.6) is 0 Å². The number of benzene rings is 4. The van der Waals surface area contributed by atoms with Gasteiger partial charge in [-0.1, -0.05) is 42.5 Å². The van der Waals surface area contributed by atoms with Crippen molar-refractivity contribution in [2.75, 3.05) is 23.9 Å². The van der Waals surface area contributed by atoms with Gasteiger partial charge >= 0.3 is 5.97 Å². The van der Waals surface area contributed by atoms with Crippen LogP contribution in [0.15, 0.2) is 97.1 Å².